The number of rotatable bonds is 3. The third kappa shape index (κ3) is 2.48. The van der Waals surface area contributed by atoms with E-state index in [0.717, 1.165) is 30.7 Å². The van der Waals surface area contributed by atoms with Gasteiger partial charge in [0.05, 0.1) is 21.1 Å². The van der Waals surface area contributed by atoms with Crippen LogP contribution in [0.4, 0.5) is 5.95 Å². The van der Waals surface area contributed by atoms with Gasteiger partial charge < -0.3 is 15.2 Å². The van der Waals surface area contributed by atoms with Gasteiger partial charge in [-0.25, -0.2) is 4.98 Å². The van der Waals surface area contributed by atoms with Gasteiger partial charge in [-0.15, -0.1) is 0 Å². The van der Waals surface area contributed by atoms with E-state index in [1.807, 2.05) is 6.07 Å². The Morgan fingerprint density at radius 2 is 2.10 bits per heavy atom. The minimum absolute atomic E-state index is 0.516. The fraction of sp³-hybridized carbons (Fsp3) is 0.500. The average Bonchev–Trinajstić information content (AvgIpc) is 2.98. The van der Waals surface area contributed by atoms with Gasteiger partial charge >= 0.3 is 0 Å². The summed E-state index contributed by atoms with van der Waals surface area (Å²) in [6, 6.07) is 3.63. The maximum Gasteiger partial charge on any atom is 0.201 e. The Balaban J connectivity index is 1.91. The van der Waals surface area contributed by atoms with Crippen LogP contribution in [-0.2, 0) is 6.54 Å². The number of benzene rings is 1. The standard InChI is InChI=1S/C14H18Cl2N4/c1-2-19-4-3-9(7-19)8-20-13-6-11(16)10(15)5-12(13)18-14(20)17/h5-6,9H,2-4,7-8H2,1H3,(H2,17,18). The molecule has 0 radical (unpaired) electrons. The van der Waals surface area contributed by atoms with E-state index < -0.39 is 0 Å². The van der Waals surface area contributed by atoms with Gasteiger partial charge in [-0.3, -0.25) is 0 Å². The zero-order valence-electron chi connectivity index (χ0n) is 11.4. The molecule has 1 saturated heterocycles. The van der Waals surface area contributed by atoms with Gasteiger partial charge in [-0.2, -0.15) is 0 Å². The molecule has 1 atom stereocenters. The van der Waals surface area contributed by atoms with Crippen molar-refractivity contribution in [2.75, 3.05) is 25.4 Å². The molecule has 1 aliphatic rings. The van der Waals surface area contributed by atoms with Gasteiger partial charge in [-0.05, 0) is 37.6 Å². The van der Waals surface area contributed by atoms with E-state index in [2.05, 4.69) is 21.4 Å². The van der Waals surface area contributed by atoms with Crippen LogP contribution >= 0.6 is 23.2 Å². The Kier molecular flexibility index (Phi) is 3.80. The van der Waals surface area contributed by atoms with Gasteiger partial charge in [-0.1, -0.05) is 30.1 Å². The monoisotopic (exact) mass is 312 g/mol. The van der Waals surface area contributed by atoms with Crippen molar-refractivity contribution in [2.45, 2.75) is 19.9 Å². The molecule has 0 amide bonds. The number of anilines is 1. The highest BCUT2D eigenvalue weighted by molar-refractivity contribution is 6.42. The molecule has 0 aliphatic carbocycles. The van der Waals surface area contributed by atoms with Crippen molar-refractivity contribution in [1.82, 2.24) is 14.5 Å². The number of halogens is 2. The number of imidazole rings is 1. The molecule has 4 nitrogen and oxygen atoms in total. The number of likely N-dealkylation sites (tertiary alicyclic amines) is 1. The molecule has 0 spiro atoms. The Bertz CT molecular complexity index is 638. The molecule has 1 fully saturated rings. The quantitative estimate of drug-likeness (QED) is 0.946. The molecule has 6 heteroatoms. The van der Waals surface area contributed by atoms with Crippen LogP contribution in [0.5, 0.6) is 0 Å². The van der Waals surface area contributed by atoms with Crippen LogP contribution in [-0.4, -0.2) is 34.1 Å². The predicted molar refractivity (Wildman–Crippen MR) is 84.4 cm³/mol. The highest BCUT2D eigenvalue weighted by Gasteiger charge is 2.23. The van der Waals surface area contributed by atoms with Crippen molar-refractivity contribution in [2.24, 2.45) is 5.92 Å². The Morgan fingerprint density at radius 1 is 1.35 bits per heavy atom. The highest BCUT2D eigenvalue weighted by Crippen LogP contribution is 2.30. The summed E-state index contributed by atoms with van der Waals surface area (Å²) in [6.45, 7) is 6.48. The average molecular weight is 313 g/mol. The topological polar surface area (TPSA) is 47.1 Å². The Morgan fingerprint density at radius 3 is 2.80 bits per heavy atom. The van der Waals surface area contributed by atoms with Gasteiger partial charge in [0.1, 0.15) is 0 Å². The highest BCUT2D eigenvalue weighted by atomic mass is 35.5. The molecular formula is C14H18Cl2N4. The number of fused-ring (bicyclic) bond motifs is 1. The van der Waals surface area contributed by atoms with Crippen molar-refractivity contribution >= 4 is 40.2 Å². The van der Waals surface area contributed by atoms with Crippen LogP contribution < -0.4 is 5.73 Å². The summed E-state index contributed by atoms with van der Waals surface area (Å²) in [6.07, 6.45) is 1.20. The van der Waals surface area contributed by atoms with Crippen molar-refractivity contribution in [3.05, 3.63) is 22.2 Å². The number of hydrogen-bond donors (Lipinski definition) is 1. The molecule has 3 rings (SSSR count). The maximum atomic E-state index is 6.11. The fourth-order valence-corrected chi connectivity index (χ4v) is 3.25. The lowest BCUT2D eigenvalue weighted by atomic mass is 10.1. The molecule has 2 N–H and O–H groups in total. The SMILES string of the molecule is CCN1CCC(Cn2c(N)nc3cc(Cl)c(Cl)cc32)C1. The van der Waals surface area contributed by atoms with Crippen LogP contribution in [0.1, 0.15) is 13.3 Å². The van der Waals surface area contributed by atoms with Crippen molar-refractivity contribution in [3.63, 3.8) is 0 Å². The van der Waals surface area contributed by atoms with E-state index in [-0.39, 0.29) is 0 Å². The second-order valence-electron chi connectivity index (χ2n) is 5.38. The molecule has 1 aliphatic heterocycles. The first kappa shape index (κ1) is 14.0. The normalized spacial score (nSPS) is 20.1. The van der Waals surface area contributed by atoms with E-state index in [9.17, 15) is 0 Å². The lowest BCUT2D eigenvalue weighted by molar-refractivity contribution is 0.334. The first-order chi connectivity index (χ1) is 9.58. The third-order valence-corrected chi connectivity index (χ3v) is 4.80. The largest absolute Gasteiger partial charge is 0.369 e. The minimum Gasteiger partial charge on any atom is -0.369 e. The fourth-order valence-electron chi connectivity index (χ4n) is 2.94. The number of nitrogens with two attached hydrogens (primary N) is 1. The lowest BCUT2D eigenvalue weighted by Gasteiger charge is -2.15. The van der Waals surface area contributed by atoms with Gasteiger partial charge in [0.2, 0.25) is 5.95 Å². The van der Waals surface area contributed by atoms with Crippen LogP contribution in [0, 0.1) is 5.92 Å². The molecule has 20 heavy (non-hydrogen) atoms. The molecular weight excluding hydrogens is 295 g/mol. The van der Waals surface area contributed by atoms with Crippen molar-refractivity contribution in [1.29, 1.82) is 0 Å². The summed E-state index contributed by atoms with van der Waals surface area (Å²) in [5, 5.41) is 1.06. The van der Waals surface area contributed by atoms with E-state index >= 15 is 0 Å². The van der Waals surface area contributed by atoms with Gasteiger partial charge in [0.25, 0.3) is 0 Å². The second-order valence-corrected chi connectivity index (χ2v) is 6.20. The van der Waals surface area contributed by atoms with Crippen LogP contribution in [0.25, 0.3) is 11.0 Å². The number of nitrogen functional groups attached to an aromatic ring is 1. The first-order valence-electron chi connectivity index (χ1n) is 6.91. The lowest BCUT2D eigenvalue weighted by Crippen LogP contribution is -2.21. The minimum atomic E-state index is 0.516. The first-order valence-corrected chi connectivity index (χ1v) is 7.67. The maximum absolute atomic E-state index is 6.11. The molecule has 2 aromatic rings. The summed E-state index contributed by atoms with van der Waals surface area (Å²) in [7, 11) is 0. The molecule has 1 aromatic heterocycles. The van der Waals surface area contributed by atoms with Gasteiger partial charge in [0, 0.05) is 13.1 Å². The third-order valence-electron chi connectivity index (χ3n) is 4.08. The molecule has 1 aromatic carbocycles. The molecule has 0 saturated carbocycles. The summed E-state index contributed by atoms with van der Waals surface area (Å²) in [5.41, 5.74) is 7.82. The summed E-state index contributed by atoms with van der Waals surface area (Å²) in [4.78, 5) is 6.84. The number of hydrogen-bond acceptors (Lipinski definition) is 3. The summed E-state index contributed by atoms with van der Waals surface area (Å²) >= 11 is 12.1. The summed E-state index contributed by atoms with van der Waals surface area (Å²) in [5.74, 6) is 1.15. The summed E-state index contributed by atoms with van der Waals surface area (Å²) < 4.78 is 2.06. The van der Waals surface area contributed by atoms with Crippen molar-refractivity contribution in [3.8, 4) is 0 Å². The predicted octanol–water partition coefficient (Wildman–Crippen LogP) is 3.27. The van der Waals surface area contributed by atoms with E-state index in [4.69, 9.17) is 28.9 Å². The zero-order valence-corrected chi connectivity index (χ0v) is 13.0. The van der Waals surface area contributed by atoms with Crippen LogP contribution in [0.15, 0.2) is 12.1 Å². The molecule has 0 bridgehead atoms. The molecule has 1 unspecified atom stereocenters. The smallest absolute Gasteiger partial charge is 0.201 e. The second kappa shape index (κ2) is 5.43. The van der Waals surface area contributed by atoms with E-state index in [1.165, 1.54) is 13.0 Å². The molecule has 2 heterocycles. The number of nitrogens with zero attached hydrogens (tertiary/aromatic N) is 3. The van der Waals surface area contributed by atoms with E-state index in [1.54, 1.807) is 6.07 Å². The van der Waals surface area contributed by atoms with Crippen molar-refractivity contribution < 1.29 is 0 Å². The Hall–Kier alpha value is -0.970. The van der Waals surface area contributed by atoms with Crippen LogP contribution in [0.2, 0.25) is 10.0 Å². The molecule has 108 valence electrons. The number of aromatic nitrogens is 2. The van der Waals surface area contributed by atoms with Crippen LogP contribution in [0.3, 0.4) is 0 Å². The van der Waals surface area contributed by atoms with Gasteiger partial charge in [0.15, 0.2) is 0 Å². The Labute approximate surface area is 128 Å². The van der Waals surface area contributed by atoms with E-state index in [0.29, 0.717) is 21.9 Å². The zero-order chi connectivity index (χ0) is 14.3.